The van der Waals surface area contributed by atoms with Crippen molar-refractivity contribution in [2.24, 2.45) is 0 Å². The summed E-state index contributed by atoms with van der Waals surface area (Å²) in [5.74, 6) is -0.217. The molecule has 1 heterocycles. The van der Waals surface area contributed by atoms with E-state index >= 15 is 0 Å². The number of carboxylic acid groups (broad SMARTS) is 1. The topological polar surface area (TPSA) is 49.8 Å². The van der Waals surface area contributed by atoms with Gasteiger partial charge in [0.15, 0.2) is 0 Å². The zero-order valence-electron chi connectivity index (χ0n) is 10.9. The van der Waals surface area contributed by atoms with Crippen molar-refractivity contribution in [2.75, 3.05) is 26.2 Å². The fourth-order valence-electron chi connectivity index (χ4n) is 2.20. The lowest BCUT2D eigenvalue weighted by molar-refractivity contribution is -0.131. The highest BCUT2D eigenvalue weighted by molar-refractivity contribution is 5.85. The normalized spacial score (nSPS) is 16.0. The molecule has 1 saturated heterocycles. The summed E-state index contributed by atoms with van der Waals surface area (Å²) in [6.45, 7) is 3.88. The predicted molar refractivity (Wildman–Crippen MR) is 74.3 cm³/mol. The lowest BCUT2D eigenvalue weighted by atomic mass is 10.2. The van der Waals surface area contributed by atoms with Gasteiger partial charge < -0.3 is 9.84 Å². The zero-order chi connectivity index (χ0) is 13.5. The minimum atomic E-state index is -0.952. The third-order valence-electron chi connectivity index (χ3n) is 3.19. The Morgan fingerprint density at radius 2 is 2.05 bits per heavy atom. The molecule has 1 aromatic rings. The van der Waals surface area contributed by atoms with Crippen LogP contribution in [0.4, 0.5) is 0 Å². The van der Waals surface area contributed by atoms with Gasteiger partial charge in [0.1, 0.15) is 12.4 Å². The van der Waals surface area contributed by atoms with E-state index in [0.29, 0.717) is 6.61 Å². The number of benzene rings is 1. The number of carboxylic acids is 1. The van der Waals surface area contributed by atoms with Crippen LogP contribution in [-0.2, 0) is 4.79 Å². The molecule has 0 bridgehead atoms. The van der Waals surface area contributed by atoms with Gasteiger partial charge in [-0.3, -0.25) is 4.90 Å². The lowest BCUT2D eigenvalue weighted by Crippen LogP contribution is -2.25. The van der Waals surface area contributed by atoms with E-state index in [4.69, 9.17) is 9.84 Å². The predicted octanol–water partition coefficient (Wildman–Crippen LogP) is 2.26. The molecule has 2 rings (SSSR count). The third-order valence-corrected chi connectivity index (χ3v) is 3.19. The largest absolute Gasteiger partial charge is 0.492 e. The molecule has 19 heavy (non-hydrogen) atoms. The molecule has 4 nitrogen and oxygen atoms in total. The molecule has 0 saturated carbocycles. The van der Waals surface area contributed by atoms with E-state index < -0.39 is 5.97 Å². The van der Waals surface area contributed by atoms with Crippen LogP contribution in [0.1, 0.15) is 18.4 Å². The summed E-state index contributed by atoms with van der Waals surface area (Å²) in [5, 5.41) is 8.65. The molecule has 1 N–H and O–H groups in total. The maximum absolute atomic E-state index is 10.5. The molecule has 0 spiro atoms. The summed E-state index contributed by atoms with van der Waals surface area (Å²) in [6, 6.07) is 7.48. The van der Waals surface area contributed by atoms with E-state index in [1.165, 1.54) is 12.8 Å². The second-order valence-electron chi connectivity index (χ2n) is 4.61. The van der Waals surface area contributed by atoms with E-state index in [1.807, 2.05) is 24.3 Å². The average molecular weight is 261 g/mol. The monoisotopic (exact) mass is 261 g/mol. The molecule has 0 aliphatic carbocycles. The Bertz CT molecular complexity index is 450. The number of rotatable bonds is 6. The maximum Gasteiger partial charge on any atom is 0.328 e. The van der Waals surface area contributed by atoms with Gasteiger partial charge >= 0.3 is 5.97 Å². The first kappa shape index (κ1) is 13.6. The maximum atomic E-state index is 10.5. The summed E-state index contributed by atoms with van der Waals surface area (Å²) in [4.78, 5) is 12.9. The SMILES string of the molecule is O=C(O)C=Cc1ccccc1OCCN1CCCC1. The second kappa shape index (κ2) is 6.95. The quantitative estimate of drug-likeness (QED) is 0.798. The number of hydrogen-bond acceptors (Lipinski definition) is 3. The van der Waals surface area contributed by atoms with Crippen LogP contribution in [0.2, 0.25) is 0 Å². The summed E-state index contributed by atoms with van der Waals surface area (Å²) in [6.07, 6.45) is 5.24. The Hall–Kier alpha value is -1.81. The number of para-hydroxylation sites is 1. The van der Waals surface area contributed by atoms with E-state index in [1.54, 1.807) is 6.08 Å². The number of ether oxygens (including phenoxy) is 1. The molecule has 102 valence electrons. The Balaban J connectivity index is 1.89. The number of likely N-dealkylation sites (tertiary alicyclic amines) is 1. The van der Waals surface area contributed by atoms with Crippen LogP contribution in [-0.4, -0.2) is 42.2 Å². The van der Waals surface area contributed by atoms with Crippen LogP contribution in [0, 0.1) is 0 Å². The molecule has 0 atom stereocenters. The van der Waals surface area contributed by atoms with Crippen molar-refractivity contribution in [3.05, 3.63) is 35.9 Å². The first-order valence-corrected chi connectivity index (χ1v) is 6.61. The Morgan fingerprint density at radius 3 is 2.79 bits per heavy atom. The Labute approximate surface area is 113 Å². The molecular formula is C15H19NO3. The van der Waals surface area contributed by atoms with Gasteiger partial charge in [-0.25, -0.2) is 4.79 Å². The van der Waals surface area contributed by atoms with Crippen molar-refractivity contribution in [3.8, 4) is 5.75 Å². The second-order valence-corrected chi connectivity index (χ2v) is 4.61. The van der Waals surface area contributed by atoms with E-state index in [9.17, 15) is 4.79 Å². The number of aliphatic carboxylic acids is 1. The molecule has 1 aliphatic heterocycles. The van der Waals surface area contributed by atoms with Crippen LogP contribution in [0.5, 0.6) is 5.75 Å². The van der Waals surface area contributed by atoms with Crippen molar-refractivity contribution < 1.29 is 14.6 Å². The minimum absolute atomic E-state index is 0.637. The van der Waals surface area contributed by atoms with Crippen molar-refractivity contribution in [3.63, 3.8) is 0 Å². The summed E-state index contributed by atoms with van der Waals surface area (Å²) >= 11 is 0. The van der Waals surface area contributed by atoms with Crippen molar-refractivity contribution in [1.29, 1.82) is 0 Å². The summed E-state index contributed by atoms with van der Waals surface area (Å²) in [5.41, 5.74) is 0.798. The van der Waals surface area contributed by atoms with E-state index in [2.05, 4.69) is 4.90 Å². The van der Waals surface area contributed by atoms with Gasteiger partial charge in [-0.05, 0) is 38.1 Å². The minimum Gasteiger partial charge on any atom is -0.492 e. The first-order chi connectivity index (χ1) is 9.25. The highest BCUT2D eigenvalue weighted by atomic mass is 16.5. The average Bonchev–Trinajstić information content (AvgIpc) is 2.91. The molecule has 1 aromatic carbocycles. The smallest absolute Gasteiger partial charge is 0.328 e. The Morgan fingerprint density at radius 1 is 1.32 bits per heavy atom. The van der Waals surface area contributed by atoms with Crippen LogP contribution >= 0.6 is 0 Å². The zero-order valence-corrected chi connectivity index (χ0v) is 10.9. The molecule has 4 heteroatoms. The highest BCUT2D eigenvalue weighted by Gasteiger charge is 2.11. The molecule has 0 radical (unpaired) electrons. The standard InChI is InChI=1S/C15H19NO3/c17-15(18)8-7-13-5-1-2-6-14(13)19-12-11-16-9-3-4-10-16/h1-2,5-8H,3-4,9-12H2,(H,17,18). The van der Waals surface area contributed by atoms with Crippen molar-refractivity contribution in [2.45, 2.75) is 12.8 Å². The van der Waals surface area contributed by atoms with Gasteiger partial charge in [0, 0.05) is 18.2 Å². The van der Waals surface area contributed by atoms with Gasteiger partial charge in [0.25, 0.3) is 0 Å². The van der Waals surface area contributed by atoms with Gasteiger partial charge in [-0.1, -0.05) is 18.2 Å². The third kappa shape index (κ3) is 4.41. The van der Waals surface area contributed by atoms with Crippen molar-refractivity contribution >= 4 is 12.0 Å². The van der Waals surface area contributed by atoms with E-state index in [-0.39, 0.29) is 0 Å². The van der Waals surface area contributed by atoms with Crippen LogP contribution in [0.15, 0.2) is 30.3 Å². The molecule has 0 unspecified atom stereocenters. The number of carbonyl (C=O) groups is 1. The van der Waals surface area contributed by atoms with Gasteiger partial charge in [-0.2, -0.15) is 0 Å². The van der Waals surface area contributed by atoms with Crippen LogP contribution < -0.4 is 4.74 Å². The number of hydrogen-bond donors (Lipinski definition) is 1. The van der Waals surface area contributed by atoms with Crippen molar-refractivity contribution in [1.82, 2.24) is 4.90 Å². The highest BCUT2D eigenvalue weighted by Crippen LogP contribution is 2.19. The summed E-state index contributed by atoms with van der Waals surface area (Å²) < 4.78 is 5.75. The van der Waals surface area contributed by atoms with Gasteiger partial charge in [0.05, 0.1) is 0 Å². The lowest BCUT2D eigenvalue weighted by Gasteiger charge is -2.15. The van der Waals surface area contributed by atoms with Crippen LogP contribution in [0.25, 0.3) is 6.08 Å². The Kier molecular flexibility index (Phi) is 4.98. The summed E-state index contributed by atoms with van der Waals surface area (Å²) in [7, 11) is 0. The fourth-order valence-corrected chi connectivity index (χ4v) is 2.20. The fraction of sp³-hybridized carbons (Fsp3) is 0.400. The molecule has 1 aliphatic rings. The van der Waals surface area contributed by atoms with E-state index in [0.717, 1.165) is 37.0 Å². The van der Waals surface area contributed by atoms with Crippen LogP contribution in [0.3, 0.4) is 0 Å². The van der Waals surface area contributed by atoms with Gasteiger partial charge in [0.2, 0.25) is 0 Å². The molecule has 0 aromatic heterocycles. The molecule has 1 fully saturated rings. The first-order valence-electron chi connectivity index (χ1n) is 6.61. The number of nitrogens with zero attached hydrogens (tertiary/aromatic N) is 1. The molecular weight excluding hydrogens is 242 g/mol. The molecule has 0 amide bonds. The van der Waals surface area contributed by atoms with Gasteiger partial charge in [-0.15, -0.1) is 0 Å².